The molecule has 164 valence electrons. The smallest absolute Gasteiger partial charge is 0.227 e. The first-order valence-corrected chi connectivity index (χ1v) is 11.7. The number of alkyl halides is 1. The lowest BCUT2D eigenvalue weighted by molar-refractivity contribution is 0.316. The van der Waals surface area contributed by atoms with Crippen LogP contribution in [0.3, 0.4) is 0 Å². The third-order valence-corrected chi connectivity index (χ3v) is 6.12. The summed E-state index contributed by atoms with van der Waals surface area (Å²) in [7, 11) is 3.52. The molecule has 0 spiro atoms. The Kier molecular flexibility index (Phi) is 7.86. The molecule has 7 nitrogen and oxygen atoms in total. The van der Waals surface area contributed by atoms with E-state index in [9.17, 15) is 0 Å². The number of nitrogens with one attached hydrogen (secondary N) is 1. The number of thiophene rings is 1. The van der Waals surface area contributed by atoms with Crippen LogP contribution in [-0.2, 0) is 7.05 Å². The molecular weight excluding hydrogens is 478 g/mol. The van der Waals surface area contributed by atoms with Crippen LogP contribution in [0.25, 0.3) is 11.1 Å². The third-order valence-electron chi connectivity index (χ3n) is 4.55. The predicted octanol–water partition coefficient (Wildman–Crippen LogP) is 5.74. The second-order valence-corrected chi connectivity index (χ2v) is 9.03. The number of aryl methyl sites for hydroxylation is 3. The molecule has 0 bridgehead atoms. The first kappa shape index (κ1) is 23.0. The number of ether oxygens (including phenoxy) is 2. The van der Waals surface area contributed by atoms with Gasteiger partial charge in [0.15, 0.2) is 0 Å². The van der Waals surface area contributed by atoms with Crippen molar-refractivity contribution in [2.75, 3.05) is 24.4 Å². The summed E-state index contributed by atoms with van der Waals surface area (Å²) in [6.45, 7) is 8.45. The second-order valence-electron chi connectivity index (χ2n) is 6.81. The van der Waals surface area contributed by atoms with Gasteiger partial charge in [0, 0.05) is 45.5 Å². The minimum atomic E-state index is 0.406. The van der Waals surface area contributed by atoms with Crippen molar-refractivity contribution in [2.45, 2.75) is 20.3 Å². The van der Waals surface area contributed by atoms with Crippen LogP contribution in [0.5, 0.6) is 11.5 Å². The van der Waals surface area contributed by atoms with Crippen LogP contribution in [0.1, 0.15) is 16.2 Å². The highest BCUT2D eigenvalue weighted by Gasteiger charge is 2.19. The molecule has 0 atom stereocenters. The van der Waals surface area contributed by atoms with Crippen molar-refractivity contribution < 1.29 is 9.47 Å². The van der Waals surface area contributed by atoms with Gasteiger partial charge in [0.25, 0.3) is 0 Å². The molecular formula is C22H26BrN5O2S. The number of rotatable bonds is 8. The van der Waals surface area contributed by atoms with Gasteiger partial charge >= 0.3 is 0 Å². The summed E-state index contributed by atoms with van der Waals surface area (Å²) in [5.74, 6) is 1.92. The monoisotopic (exact) mass is 503 g/mol. The van der Waals surface area contributed by atoms with E-state index in [4.69, 9.17) is 14.5 Å². The zero-order chi connectivity index (χ0) is 22.4. The van der Waals surface area contributed by atoms with E-state index < -0.39 is 0 Å². The Labute approximate surface area is 195 Å². The molecule has 0 aliphatic carbocycles. The van der Waals surface area contributed by atoms with Crippen molar-refractivity contribution in [1.82, 2.24) is 9.78 Å². The molecule has 3 aromatic rings. The van der Waals surface area contributed by atoms with Gasteiger partial charge in [0.05, 0.1) is 31.3 Å². The summed E-state index contributed by atoms with van der Waals surface area (Å²) >= 11 is 5.11. The van der Waals surface area contributed by atoms with Crippen LogP contribution in [0.15, 0.2) is 40.6 Å². The molecule has 0 radical (unpaired) electrons. The average Bonchev–Trinajstić information content (AvgIpc) is 3.29. The van der Waals surface area contributed by atoms with E-state index in [1.165, 1.54) is 0 Å². The Morgan fingerprint density at radius 3 is 2.77 bits per heavy atom. The van der Waals surface area contributed by atoms with Gasteiger partial charge in [-0.05, 0) is 39.1 Å². The minimum absolute atomic E-state index is 0.406. The highest BCUT2D eigenvalue weighted by Crippen LogP contribution is 2.46. The Hall–Kier alpha value is -2.65. The SMILES string of the molecule is C=N/C(=N\c1c(C)sc(C)c1-c1ccc(OCCCBr)cc1OC)Nc1cnn(C)c1. The van der Waals surface area contributed by atoms with E-state index in [1.807, 2.05) is 31.4 Å². The number of aliphatic imine (C=N–C) groups is 2. The van der Waals surface area contributed by atoms with Crippen LogP contribution in [-0.4, -0.2) is 41.5 Å². The van der Waals surface area contributed by atoms with Crippen molar-refractivity contribution in [3.8, 4) is 22.6 Å². The number of guanidine groups is 1. The Bertz CT molecular complexity index is 1090. The number of benzene rings is 1. The molecule has 2 heterocycles. The molecule has 1 aromatic carbocycles. The minimum Gasteiger partial charge on any atom is -0.496 e. The topological polar surface area (TPSA) is 73.0 Å². The predicted molar refractivity (Wildman–Crippen MR) is 133 cm³/mol. The lowest BCUT2D eigenvalue weighted by Gasteiger charge is -2.13. The maximum absolute atomic E-state index is 5.82. The highest BCUT2D eigenvalue weighted by atomic mass is 79.9. The molecule has 0 amide bonds. The largest absolute Gasteiger partial charge is 0.496 e. The summed E-state index contributed by atoms with van der Waals surface area (Å²) in [5, 5.41) is 8.24. The zero-order valence-corrected chi connectivity index (χ0v) is 20.5. The molecule has 3 rings (SSSR count). The summed E-state index contributed by atoms with van der Waals surface area (Å²) in [4.78, 5) is 11.1. The first-order chi connectivity index (χ1) is 15.0. The number of methoxy groups -OCH3 is 1. The molecule has 1 N–H and O–H groups in total. The van der Waals surface area contributed by atoms with Gasteiger partial charge in [-0.25, -0.2) is 9.98 Å². The lowest BCUT2D eigenvalue weighted by atomic mass is 10.0. The standard InChI is InChI=1S/C22H26BrN5O2S/c1-14-20(18-8-7-17(11-19(18)29-5)30-10-6-9-23)21(15(2)31-14)27-22(24-3)26-16-12-25-28(4)13-16/h7-8,11-13H,3,6,9-10H2,1-2,4-5H3,(H,26,27). The van der Waals surface area contributed by atoms with E-state index in [0.717, 1.165) is 55.5 Å². The number of nitrogens with zero attached hydrogens (tertiary/aromatic N) is 4. The van der Waals surface area contributed by atoms with Crippen LogP contribution >= 0.6 is 27.3 Å². The number of hydrogen-bond acceptors (Lipinski definition) is 5. The normalized spacial score (nSPS) is 11.5. The van der Waals surface area contributed by atoms with Crippen LogP contribution in [0.4, 0.5) is 11.4 Å². The van der Waals surface area contributed by atoms with Crippen molar-refractivity contribution in [1.29, 1.82) is 0 Å². The molecule has 0 saturated carbocycles. The quantitative estimate of drug-likeness (QED) is 0.184. The van der Waals surface area contributed by atoms with E-state index >= 15 is 0 Å². The van der Waals surface area contributed by atoms with Gasteiger partial charge in [0.1, 0.15) is 11.5 Å². The van der Waals surface area contributed by atoms with E-state index in [0.29, 0.717) is 12.6 Å². The second kappa shape index (κ2) is 10.6. The van der Waals surface area contributed by atoms with Crippen molar-refractivity contribution in [3.05, 3.63) is 40.3 Å². The van der Waals surface area contributed by atoms with Gasteiger partial charge in [-0.15, -0.1) is 11.3 Å². The Morgan fingerprint density at radius 1 is 1.32 bits per heavy atom. The maximum Gasteiger partial charge on any atom is 0.227 e. The molecule has 0 saturated heterocycles. The summed E-state index contributed by atoms with van der Waals surface area (Å²) in [6.07, 6.45) is 4.50. The first-order valence-electron chi connectivity index (χ1n) is 9.75. The van der Waals surface area contributed by atoms with Crippen molar-refractivity contribution in [2.24, 2.45) is 17.0 Å². The van der Waals surface area contributed by atoms with Gasteiger partial charge in [-0.1, -0.05) is 15.9 Å². The highest BCUT2D eigenvalue weighted by molar-refractivity contribution is 9.09. The number of hydrogen-bond donors (Lipinski definition) is 1. The fraction of sp³-hybridized carbons (Fsp3) is 0.318. The summed E-state index contributed by atoms with van der Waals surface area (Å²) in [5.41, 5.74) is 3.61. The Morgan fingerprint density at radius 2 is 2.13 bits per heavy atom. The number of halogens is 1. The van der Waals surface area contributed by atoms with Crippen LogP contribution in [0.2, 0.25) is 0 Å². The molecule has 0 aliphatic heterocycles. The zero-order valence-electron chi connectivity index (χ0n) is 18.1. The summed E-state index contributed by atoms with van der Waals surface area (Å²) in [6, 6.07) is 5.90. The molecule has 0 fully saturated rings. The fourth-order valence-electron chi connectivity index (χ4n) is 3.16. The molecule has 0 aliphatic rings. The van der Waals surface area contributed by atoms with Crippen molar-refractivity contribution >= 4 is 51.3 Å². The third kappa shape index (κ3) is 5.54. The van der Waals surface area contributed by atoms with Crippen LogP contribution < -0.4 is 14.8 Å². The van der Waals surface area contributed by atoms with E-state index in [1.54, 1.807) is 29.3 Å². The van der Waals surface area contributed by atoms with Gasteiger partial charge in [-0.3, -0.25) is 4.68 Å². The maximum atomic E-state index is 5.82. The Balaban J connectivity index is 2.00. The average molecular weight is 504 g/mol. The van der Waals surface area contributed by atoms with Crippen LogP contribution in [0, 0.1) is 13.8 Å². The van der Waals surface area contributed by atoms with Crippen molar-refractivity contribution in [3.63, 3.8) is 0 Å². The van der Waals surface area contributed by atoms with Gasteiger partial charge in [-0.2, -0.15) is 5.10 Å². The van der Waals surface area contributed by atoms with Gasteiger partial charge < -0.3 is 14.8 Å². The fourth-order valence-corrected chi connectivity index (χ4v) is 4.40. The lowest BCUT2D eigenvalue weighted by Crippen LogP contribution is -2.07. The molecule has 9 heteroatoms. The molecule has 31 heavy (non-hydrogen) atoms. The van der Waals surface area contributed by atoms with E-state index in [2.05, 4.69) is 51.9 Å². The number of aromatic nitrogens is 2. The molecule has 0 unspecified atom stereocenters. The van der Waals surface area contributed by atoms with Gasteiger partial charge in [0.2, 0.25) is 5.96 Å². The van der Waals surface area contributed by atoms with E-state index in [-0.39, 0.29) is 0 Å². The number of anilines is 1. The molecule has 2 aromatic heterocycles. The summed E-state index contributed by atoms with van der Waals surface area (Å²) < 4.78 is 13.2.